The van der Waals surface area contributed by atoms with Crippen LogP contribution in [0.25, 0.3) is 11.1 Å². The first-order valence-corrected chi connectivity index (χ1v) is 6.25. The Balaban J connectivity index is 2.58. The molecule has 0 aliphatic heterocycles. The van der Waals surface area contributed by atoms with Crippen molar-refractivity contribution in [1.29, 1.82) is 0 Å². The molecule has 0 aliphatic carbocycles. The summed E-state index contributed by atoms with van der Waals surface area (Å²) in [5.41, 5.74) is 1.01. The van der Waals surface area contributed by atoms with Gasteiger partial charge in [0.05, 0.1) is 0 Å². The van der Waals surface area contributed by atoms with E-state index in [1.807, 2.05) is 10.8 Å². The maximum atomic E-state index is 9.66. The quantitative estimate of drug-likeness (QED) is 0.623. The van der Waals surface area contributed by atoms with E-state index in [9.17, 15) is 10.2 Å². The number of hydrogen-bond donors (Lipinski definition) is 2. The summed E-state index contributed by atoms with van der Waals surface area (Å²) in [4.78, 5) is 7.72. The maximum Gasteiger partial charge on any atom is 0.226 e. The summed E-state index contributed by atoms with van der Waals surface area (Å²) in [7, 11) is 0. The van der Waals surface area contributed by atoms with Crippen LogP contribution in [0.5, 0.6) is 11.8 Å². The molecule has 2 N–H and O–H groups in total. The molecule has 2 aromatic heterocycles. The zero-order valence-corrected chi connectivity index (χ0v) is 9.47. The standard InChI is InChI=1S/C9H8N2O2S2/c1-14-9-10-7(12)6(8(13)11-9)5-2-3-15-4-5/h2-4H,1H3,(H2,10,11,12,13). The lowest BCUT2D eigenvalue weighted by molar-refractivity contribution is 0.415. The Bertz CT molecular complexity index is 448. The van der Waals surface area contributed by atoms with E-state index >= 15 is 0 Å². The number of aromatic nitrogens is 2. The van der Waals surface area contributed by atoms with E-state index < -0.39 is 0 Å². The average Bonchev–Trinajstić information content (AvgIpc) is 2.69. The summed E-state index contributed by atoms with van der Waals surface area (Å²) >= 11 is 2.74. The third-order valence-electron chi connectivity index (χ3n) is 1.84. The van der Waals surface area contributed by atoms with Crippen molar-refractivity contribution in [3.63, 3.8) is 0 Å². The van der Waals surface area contributed by atoms with Gasteiger partial charge in [-0.15, -0.1) is 0 Å². The zero-order valence-electron chi connectivity index (χ0n) is 7.84. The van der Waals surface area contributed by atoms with Crippen molar-refractivity contribution in [3.05, 3.63) is 16.8 Å². The van der Waals surface area contributed by atoms with Gasteiger partial charge in [0.15, 0.2) is 5.16 Å². The van der Waals surface area contributed by atoms with Crippen molar-refractivity contribution in [2.75, 3.05) is 6.26 Å². The Hall–Kier alpha value is -1.27. The number of hydrogen-bond acceptors (Lipinski definition) is 6. The van der Waals surface area contributed by atoms with Crippen LogP contribution < -0.4 is 0 Å². The van der Waals surface area contributed by atoms with Crippen LogP contribution in [-0.4, -0.2) is 26.4 Å². The minimum absolute atomic E-state index is 0.190. The predicted octanol–water partition coefficient (Wildman–Crippen LogP) is 2.34. The molecule has 0 spiro atoms. The Morgan fingerprint density at radius 3 is 2.40 bits per heavy atom. The molecule has 0 amide bonds. The van der Waals surface area contributed by atoms with Gasteiger partial charge in [0, 0.05) is 5.56 Å². The van der Waals surface area contributed by atoms with E-state index in [0.717, 1.165) is 5.56 Å². The molecule has 0 aliphatic rings. The number of aromatic hydroxyl groups is 2. The fourth-order valence-electron chi connectivity index (χ4n) is 1.17. The van der Waals surface area contributed by atoms with Crippen LogP contribution in [0.1, 0.15) is 0 Å². The summed E-state index contributed by atoms with van der Waals surface area (Å²) in [6.07, 6.45) is 1.78. The second-order valence-corrected chi connectivity index (χ2v) is 4.30. The molecule has 0 fully saturated rings. The van der Waals surface area contributed by atoms with Crippen molar-refractivity contribution in [3.8, 4) is 22.9 Å². The van der Waals surface area contributed by atoms with Gasteiger partial charge in [0.25, 0.3) is 0 Å². The Labute approximate surface area is 94.6 Å². The third-order valence-corrected chi connectivity index (χ3v) is 3.07. The molecule has 0 aromatic carbocycles. The van der Waals surface area contributed by atoms with E-state index in [-0.39, 0.29) is 17.3 Å². The highest BCUT2D eigenvalue weighted by molar-refractivity contribution is 7.98. The minimum Gasteiger partial charge on any atom is -0.493 e. The highest BCUT2D eigenvalue weighted by Crippen LogP contribution is 2.36. The first-order valence-electron chi connectivity index (χ1n) is 4.09. The predicted molar refractivity (Wildman–Crippen MR) is 60.5 cm³/mol. The van der Waals surface area contributed by atoms with Crippen LogP contribution >= 0.6 is 23.1 Å². The molecule has 2 aromatic rings. The number of thiophene rings is 1. The van der Waals surface area contributed by atoms with Crippen molar-refractivity contribution in [2.24, 2.45) is 0 Å². The van der Waals surface area contributed by atoms with Crippen LogP contribution in [0.3, 0.4) is 0 Å². The molecule has 0 unspecified atom stereocenters. The highest BCUT2D eigenvalue weighted by Gasteiger charge is 2.15. The van der Waals surface area contributed by atoms with E-state index in [4.69, 9.17) is 0 Å². The van der Waals surface area contributed by atoms with Crippen LogP contribution in [0.15, 0.2) is 22.0 Å². The SMILES string of the molecule is CSc1nc(O)c(-c2ccsc2)c(O)n1. The van der Waals surface area contributed by atoms with Gasteiger partial charge in [-0.25, -0.2) is 0 Å². The first kappa shape index (κ1) is 10.3. The van der Waals surface area contributed by atoms with Gasteiger partial charge >= 0.3 is 0 Å². The number of nitrogens with zero attached hydrogens (tertiary/aromatic N) is 2. The molecule has 15 heavy (non-hydrogen) atoms. The lowest BCUT2D eigenvalue weighted by Gasteiger charge is -2.04. The largest absolute Gasteiger partial charge is 0.493 e. The summed E-state index contributed by atoms with van der Waals surface area (Å²) in [5.74, 6) is -0.379. The summed E-state index contributed by atoms with van der Waals surface area (Å²) < 4.78 is 0. The topological polar surface area (TPSA) is 66.2 Å². The van der Waals surface area contributed by atoms with Crippen molar-refractivity contribution < 1.29 is 10.2 Å². The van der Waals surface area contributed by atoms with Gasteiger partial charge in [0.1, 0.15) is 5.56 Å². The molecule has 78 valence electrons. The third kappa shape index (κ3) is 1.91. The van der Waals surface area contributed by atoms with Gasteiger partial charge in [0.2, 0.25) is 11.8 Å². The molecule has 6 heteroatoms. The monoisotopic (exact) mass is 240 g/mol. The second kappa shape index (κ2) is 4.08. The van der Waals surface area contributed by atoms with Crippen LogP contribution in [0.2, 0.25) is 0 Å². The first-order chi connectivity index (χ1) is 7.22. The molecule has 2 rings (SSSR count). The molecular weight excluding hydrogens is 232 g/mol. The Morgan fingerprint density at radius 1 is 1.27 bits per heavy atom. The smallest absolute Gasteiger partial charge is 0.226 e. The normalized spacial score (nSPS) is 10.5. The van der Waals surface area contributed by atoms with Crippen LogP contribution in [-0.2, 0) is 0 Å². The molecule has 0 radical (unpaired) electrons. The summed E-state index contributed by atoms with van der Waals surface area (Å²) in [5, 5.41) is 23.3. The van der Waals surface area contributed by atoms with Gasteiger partial charge in [-0.05, 0) is 23.1 Å². The lowest BCUT2D eigenvalue weighted by atomic mass is 10.2. The molecule has 2 heterocycles. The van der Waals surface area contributed by atoms with Crippen LogP contribution in [0, 0.1) is 0 Å². The van der Waals surface area contributed by atoms with Gasteiger partial charge in [-0.1, -0.05) is 11.8 Å². The summed E-state index contributed by atoms with van der Waals surface area (Å²) in [6, 6.07) is 1.79. The Kier molecular flexibility index (Phi) is 2.79. The molecular formula is C9H8N2O2S2. The van der Waals surface area contributed by atoms with Crippen molar-refractivity contribution in [1.82, 2.24) is 9.97 Å². The number of thioether (sulfide) groups is 1. The van der Waals surface area contributed by atoms with E-state index in [1.54, 1.807) is 12.3 Å². The van der Waals surface area contributed by atoms with Gasteiger partial charge < -0.3 is 10.2 Å². The second-order valence-electron chi connectivity index (χ2n) is 2.74. The lowest BCUT2D eigenvalue weighted by Crippen LogP contribution is -1.90. The highest BCUT2D eigenvalue weighted by atomic mass is 32.2. The van der Waals surface area contributed by atoms with E-state index in [2.05, 4.69) is 9.97 Å². The van der Waals surface area contributed by atoms with Gasteiger partial charge in [-0.2, -0.15) is 21.3 Å². The number of rotatable bonds is 2. The molecule has 0 saturated heterocycles. The fourth-order valence-corrected chi connectivity index (χ4v) is 2.18. The van der Waals surface area contributed by atoms with Crippen LogP contribution in [0.4, 0.5) is 0 Å². The zero-order chi connectivity index (χ0) is 10.8. The fraction of sp³-hybridized carbons (Fsp3) is 0.111. The summed E-state index contributed by atoms with van der Waals surface area (Å²) in [6.45, 7) is 0. The van der Waals surface area contributed by atoms with Gasteiger partial charge in [-0.3, -0.25) is 0 Å². The maximum absolute atomic E-state index is 9.66. The average molecular weight is 240 g/mol. The van der Waals surface area contributed by atoms with E-state index in [1.165, 1.54) is 23.1 Å². The molecule has 0 atom stereocenters. The van der Waals surface area contributed by atoms with E-state index in [0.29, 0.717) is 5.16 Å². The molecule has 4 nitrogen and oxygen atoms in total. The molecule has 0 saturated carbocycles. The Morgan fingerprint density at radius 2 is 1.93 bits per heavy atom. The van der Waals surface area contributed by atoms with Crippen molar-refractivity contribution >= 4 is 23.1 Å². The molecule has 0 bridgehead atoms. The van der Waals surface area contributed by atoms with Crippen molar-refractivity contribution in [2.45, 2.75) is 5.16 Å². The minimum atomic E-state index is -0.190.